The molecule has 0 N–H and O–H groups in total. The summed E-state index contributed by atoms with van der Waals surface area (Å²) in [5.41, 5.74) is 3.71. The van der Waals surface area contributed by atoms with Gasteiger partial charge in [0.1, 0.15) is 11.5 Å². The van der Waals surface area contributed by atoms with Crippen LogP contribution >= 0.6 is 0 Å². The number of nitrogens with zero attached hydrogens (tertiary/aromatic N) is 2. The maximum absolute atomic E-state index is 12.8. The van der Waals surface area contributed by atoms with E-state index in [1.807, 2.05) is 23.1 Å². The van der Waals surface area contributed by atoms with Crippen LogP contribution in [-0.2, 0) is 17.8 Å². The largest absolute Gasteiger partial charge is 0.497 e. The second-order valence-electron chi connectivity index (χ2n) is 7.61. The highest BCUT2D eigenvalue weighted by Gasteiger charge is 2.20. The van der Waals surface area contributed by atoms with Crippen molar-refractivity contribution >= 4 is 5.91 Å². The summed E-state index contributed by atoms with van der Waals surface area (Å²) < 4.78 is 10.7. The van der Waals surface area contributed by atoms with Gasteiger partial charge in [0.05, 0.1) is 14.2 Å². The Morgan fingerprint density at radius 3 is 2.55 bits per heavy atom. The first-order chi connectivity index (χ1) is 14.1. The van der Waals surface area contributed by atoms with E-state index in [1.165, 1.54) is 11.1 Å². The number of amides is 1. The van der Waals surface area contributed by atoms with Gasteiger partial charge >= 0.3 is 0 Å². The van der Waals surface area contributed by atoms with Gasteiger partial charge in [0.15, 0.2) is 0 Å². The Labute approximate surface area is 174 Å². The predicted octanol–water partition coefficient (Wildman–Crippen LogP) is 3.68. The maximum Gasteiger partial charge on any atom is 0.222 e. The van der Waals surface area contributed by atoms with Gasteiger partial charge in [0, 0.05) is 39.1 Å². The van der Waals surface area contributed by atoms with Crippen LogP contribution in [-0.4, -0.2) is 56.1 Å². The van der Waals surface area contributed by atoms with Crippen LogP contribution in [0.4, 0.5) is 0 Å². The number of hydrogen-bond donors (Lipinski definition) is 0. The molecule has 1 aliphatic rings. The number of aryl methyl sites for hydroxylation is 2. The topological polar surface area (TPSA) is 42.0 Å². The van der Waals surface area contributed by atoms with Crippen LogP contribution in [0.25, 0.3) is 0 Å². The highest BCUT2D eigenvalue weighted by atomic mass is 16.5. The third-order valence-electron chi connectivity index (χ3n) is 5.69. The zero-order valence-electron chi connectivity index (χ0n) is 17.8. The molecule has 0 radical (unpaired) electrons. The van der Waals surface area contributed by atoms with E-state index < -0.39 is 0 Å². The van der Waals surface area contributed by atoms with Crippen molar-refractivity contribution in [2.45, 2.75) is 32.7 Å². The molecule has 0 aliphatic carbocycles. The van der Waals surface area contributed by atoms with E-state index in [1.54, 1.807) is 14.2 Å². The molecule has 0 unspecified atom stereocenters. The standard InChI is InChI=1S/C24H32N2O3/c1-19-7-4-5-8-21(19)18-25-13-6-14-26(16-15-25)24(27)12-9-20-17-22(28-2)10-11-23(20)29-3/h4-5,7-8,10-11,17H,6,9,12-16,18H2,1-3H3. The maximum atomic E-state index is 12.8. The molecule has 5 nitrogen and oxygen atoms in total. The van der Waals surface area contributed by atoms with Crippen LogP contribution in [0.5, 0.6) is 11.5 Å². The zero-order chi connectivity index (χ0) is 20.6. The van der Waals surface area contributed by atoms with Crippen molar-refractivity contribution < 1.29 is 14.3 Å². The van der Waals surface area contributed by atoms with Crippen molar-refractivity contribution in [2.75, 3.05) is 40.4 Å². The predicted molar refractivity (Wildman–Crippen MR) is 116 cm³/mol. The zero-order valence-corrected chi connectivity index (χ0v) is 17.8. The van der Waals surface area contributed by atoms with Crippen molar-refractivity contribution in [3.63, 3.8) is 0 Å². The van der Waals surface area contributed by atoms with Crippen LogP contribution in [0.3, 0.4) is 0 Å². The highest BCUT2D eigenvalue weighted by Crippen LogP contribution is 2.25. The van der Waals surface area contributed by atoms with Gasteiger partial charge in [-0.3, -0.25) is 9.69 Å². The van der Waals surface area contributed by atoms with Gasteiger partial charge in [-0.05, 0) is 54.7 Å². The Bertz CT molecular complexity index is 822. The van der Waals surface area contributed by atoms with E-state index in [4.69, 9.17) is 9.47 Å². The fourth-order valence-electron chi connectivity index (χ4n) is 3.88. The van der Waals surface area contributed by atoms with Gasteiger partial charge in [0.25, 0.3) is 0 Å². The molecule has 2 aromatic rings. The van der Waals surface area contributed by atoms with Crippen molar-refractivity contribution in [2.24, 2.45) is 0 Å². The van der Waals surface area contributed by atoms with Crippen molar-refractivity contribution in [1.29, 1.82) is 0 Å². The Kier molecular flexibility index (Phi) is 7.53. The number of ether oxygens (including phenoxy) is 2. The number of carbonyl (C=O) groups is 1. The van der Waals surface area contributed by atoms with Crippen LogP contribution in [0.2, 0.25) is 0 Å². The van der Waals surface area contributed by atoms with Crippen LogP contribution < -0.4 is 9.47 Å². The van der Waals surface area contributed by atoms with E-state index in [2.05, 4.69) is 36.1 Å². The van der Waals surface area contributed by atoms with Crippen LogP contribution in [0, 0.1) is 6.92 Å². The van der Waals surface area contributed by atoms with E-state index in [9.17, 15) is 4.79 Å². The summed E-state index contributed by atoms with van der Waals surface area (Å²) in [6.45, 7) is 6.69. The summed E-state index contributed by atoms with van der Waals surface area (Å²) >= 11 is 0. The molecule has 0 spiro atoms. The Hall–Kier alpha value is -2.53. The molecule has 0 saturated carbocycles. The molecule has 156 valence electrons. The fraction of sp³-hybridized carbons (Fsp3) is 0.458. The number of rotatable bonds is 7. The minimum atomic E-state index is 0.215. The van der Waals surface area contributed by atoms with Crippen molar-refractivity contribution in [3.05, 3.63) is 59.2 Å². The van der Waals surface area contributed by atoms with E-state index in [0.29, 0.717) is 12.8 Å². The SMILES string of the molecule is COc1ccc(OC)c(CCC(=O)N2CCCN(Cc3ccccc3C)CC2)c1. The molecule has 1 amide bonds. The summed E-state index contributed by atoms with van der Waals surface area (Å²) in [5, 5.41) is 0. The fourth-order valence-corrected chi connectivity index (χ4v) is 3.88. The molecule has 0 aromatic heterocycles. The van der Waals surface area contributed by atoms with Crippen molar-refractivity contribution in [1.82, 2.24) is 9.80 Å². The minimum Gasteiger partial charge on any atom is -0.497 e. The van der Waals surface area contributed by atoms with E-state index >= 15 is 0 Å². The van der Waals surface area contributed by atoms with Gasteiger partial charge in [-0.15, -0.1) is 0 Å². The number of methoxy groups -OCH3 is 2. The molecule has 0 bridgehead atoms. The summed E-state index contributed by atoms with van der Waals surface area (Å²) in [7, 11) is 3.31. The second-order valence-corrected chi connectivity index (χ2v) is 7.61. The number of benzene rings is 2. The summed E-state index contributed by atoms with van der Waals surface area (Å²) in [5.74, 6) is 1.81. The highest BCUT2D eigenvalue weighted by molar-refractivity contribution is 5.76. The van der Waals surface area contributed by atoms with Gasteiger partial charge in [-0.1, -0.05) is 24.3 Å². The average molecular weight is 397 g/mol. The number of carbonyl (C=O) groups excluding carboxylic acids is 1. The molecule has 1 aliphatic heterocycles. The van der Waals surface area contributed by atoms with Gasteiger partial charge in [0.2, 0.25) is 5.91 Å². The number of hydrogen-bond acceptors (Lipinski definition) is 4. The molecule has 1 saturated heterocycles. The second kappa shape index (κ2) is 10.3. The van der Waals surface area contributed by atoms with Crippen LogP contribution in [0.1, 0.15) is 29.5 Å². The molecule has 29 heavy (non-hydrogen) atoms. The normalized spacial score (nSPS) is 15.1. The third kappa shape index (κ3) is 5.73. The summed E-state index contributed by atoms with van der Waals surface area (Å²) in [6.07, 6.45) is 2.16. The Morgan fingerprint density at radius 2 is 1.79 bits per heavy atom. The molecular formula is C24H32N2O3. The molecule has 0 atom stereocenters. The van der Waals surface area contributed by atoms with Crippen molar-refractivity contribution in [3.8, 4) is 11.5 Å². The van der Waals surface area contributed by atoms with Gasteiger partial charge in [-0.25, -0.2) is 0 Å². The first kappa shape index (κ1) is 21.2. The monoisotopic (exact) mass is 396 g/mol. The molecule has 1 fully saturated rings. The molecule has 1 heterocycles. The quantitative estimate of drug-likeness (QED) is 0.716. The van der Waals surface area contributed by atoms with Crippen LogP contribution in [0.15, 0.2) is 42.5 Å². The average Bonchev–Trinajstić information content (AvgIpc) is 2.99. The molecule has 2 aromatic carbocycles. The van der Waals surface area contributed by atoms with E-state index in [0.717, 1.165) is 56.2 Å². The first-order valence-corrected chi connectivity index (χ1v) is 10.4. The first-order valence-electron chi connectivity index (χ1n) is 10.4. The lowest BCUT2D eigenvalue weighted by molar-refractivity contribution is -0.131. The third-order valence-corrected chi connectivity index (χ3v) is 5.69. The van der Waals surface area contributed by atoms with E-state index in [-0.39, 0.29) is 5.91 Å². The Morgan fingerprint density at radius 1 is 0.966 bits per heavy atom. The minimum absolute atomic E-state index is 0.215. The summed E-state index contributed by atoms with van der Waals surface area (Å²) in [6, 6.07) is 14.3. The summed E-state index contributed by atoms with van der Waals surface area (Å²) in [4.78, 5) is 17.3. The molecular weight excluding hydrogens is 364 g/mol. The van der Waals surface area contributed by atoms with Gasteiger partial charge < -0.3 is 14.4 Å². The lowest BCUT2D eigenvalue weighted by atomic mass is 10.1. The lowest BCUT2D eigenvalue weighted by Gasteiger charge is -2.23. The molecule has 5 heteroatoms. The Balaban J connectivity index is 1.54. The van der Waals surface area contributed by atoms with Gasteiger partial charge in [-0.2, -0.15) is 0 Å². The molecule has 3 rings (SSSR count). The lowest BCUT2D eigenvalue weighted by Crippen LogP contribution is -2.35. The smallest absolute Gasteiger partial charge is 0.222 e.